The average Bonchev–Trinajstić information content (AvgIpc) is 2.45. The minimum Gasteiger partial charge on any atom is -0.353 e. The molecule has 0 saturated heterocycles. The molecule has 4 heteroatoms. The first-order valence-corrected chi connectivity index (χ1v) is 6.98. The first-order valence-electron chi connectivity index (χ1n) is 6.98. The number of benzene rings is 1. The molecule has 1 atom stereocenters. The van der Waals surface area contributed by atoms with E-state index in [9.17, 15) is 5.26 Å². The van der Waals surface area contributed by atoms with Crippen molar-refractivity contribution >= 4 is 0 Å². The second-order valence-corrected chi connectivity index (χ2v) is 4.78. The highest BCUT2D eigenvalue weighted by Crippen LogP contribution is 2.32. The number of rotatable bonds is 8. The second-order valence-electron chi connectivity index (χ2n) is 4.78. The molecular formula is C16H24N2O2. The van der Waals surface area contributed by atoms with Gasteiger partial charge in [0, 0.05) is 19.6 Å². The van der Waals surface area contributed by atoms with Crippen LogP contribution in [0.1, 0.15) is 25.8 Å². The lowest BCUT2D eigenvalue weighted by Crippen LogP contribution is -2.44. The van der Waals surface area contributed by atoms with Gasteiger partial charge in [0.15, 0.2) is 6.29 Å². The van der Waals surface area contributed by atoms with Crippen LogP contribution >= 0.6 is 0 Å². The van der Waals surface area contributed by atoms with Crippen LogP contribution in [0.2, 0.25) is 0 Å². The van der Waals surface area contributed by atoms with Gasteiger partial charge in [-0.2, -0.15) is 5.26 Å². The zero-order chi connectivity index (χ0) is 15.0. The molecule has 0 spiro atoms. The molecule has 110 valence electrons. The zero-order valence-corrected chi connectivity index (χ0v) is 12.8. The van der Waals surface area contributed by atoms with Crippen molar-refractivity contribution in [3.05, 3.63) is 35.9 Å². The van der Waals surface area contributed by atoms with Crippen LogP contribution in [0.5, 0.6) is 0 Å². The number of hydrogen-bond acceptors (Lipinski definition) is 4. The SMILES string of the molecule is CCOC(CC(C#N)(c1ccccc1)N(C)C)OCC. The Hall–Kier alpha value is -1.41. The lowest BCUT2D eigenvalue weighted by molar-refractivity contribution is -0.153. The minimum atomic E-state index is -0.754. The normalized spacial score (nSPS) is 14.2. The van der Waals surface area contributed by atoms with Gasteiger partial charge in [0.25, 0.3) is 0 Å². The molecule has 0 saturated carbocycles. The summed E-state index contributed by atoms with van der Waals surface area (Å²) in [6.07, 6.45) is 0.0922. The largest absolute Gasteiger partial charge is 0.353 e. The quantitative estimate of drug-likeness (QED) is 0.685. The second kappa shape index (κ2) is 8.01. The van der Waals surface area contributed by atoms with Gasteiger partial charge in [-0.05, 0) is 33.5 Å². The third-order valence-corrected chi connectivity index (χ3v) is 3.37. The molecule has 0 bridgehead atoms. The topological polar surface area (TPSA) is 45.5 Å². The van der Waals surface area contributed by atoms with Crippen molar-refractivity contribution in [2.75, 3.05) is 27.3 Å². The van der Waals surface area contributed by atoms with Gasteiger partial charge < -0.3 is 9.47 Å². The smallest absolute Gasteiger partial charge is 0.160 e. The highest BCUT2D eigenvalue weighted by molar-refractivity contribution is 5.31. The molecular weight excluding hydrogens is 252 g/mol. The summed E-state index contributed by atoms with van der Waals surface area (Å²) < 4.78 is 11.2. The molecule has 0 N–H and O–H groups in total. The van der Waals surface area contributed by atoms with Crippen LogP contribution in [-0.4, -0.2) is 38.5 Å². The standard InChI is InChI=1S/C16H24N2O2/c1-5-19-15(20-6-2)12-16(13-17,18(3)4)14-10-8-7-9-11-14/h7-11,15H,5-6,12H2,1-4H3. The van der Waals surface area contributed by atoms with E-state index in [1.807, 2.05) is 63.2 Å². The fourth-order valence-electron chi connectivity index (χ4n) is 2.26. The molecule has 4 nitrogen and oxygen atoms in total. The van der Waals surface area contributed by atoms with E-state index in [0.29, 0.717) is 19.6 Å². The highest BCUT2D eigenvalue weighted by atomic mass is 16.7. The maximum Gasteiger partial charge on any atom is 0.160 e. The first-order chi connectivity index (χ1) is 9.60. The molecule has 0 radical (unpaired) electrons. The monoisotopic (exact) mass is 276 g/mol. The summed E-state index contributed by atoms with van der Waals surface area (Å²) in [5, 5.41) is 9.78. The van der Waals surface area contributed by atoms with Crippen LogP contribution in [0, 0.1) is 11.3 Å². The molecule has 1 aromatic rings. The van der Waals surface area contributed by atoms with E-state index in [1.54, 1.807) is 0 Å². The summed E-state index contributed by atoms with van der Waals surface area (Å²) in [4.78, 5) is 1.92. The zero-order valence-electron chi connectivity index (χ0n) is 12.8. The van der Waals surface area contributed by atoms with Gasteiger partial charge in [-0.3, -0.25) is 4.90 Å². The van der Waals surface area contributed by atoms with Crippen molar-refractivity contribution < 1.29 is 9.47 Å². The van der Waals surface area contributed by atoms with Crippen LogP contribution < -0.4 is 0 Å². The molecule has 0 aliphatic rings. The van der Waals surface area contributed by atoms with Gasteiger partial charge in [0.05, 0.1) is 6.07 Å². The minimum absolute atomic E-state index is 0.382. The third-order valence-electron chi connectivity index (χ3n) is 3.37. The predicted octanol–water partition coefficient (Wildman–Crippen LogP) is 2.76. The van der Waals surface area contributed by atoms with Crippen LogP contribution in [0.15, 0.2) is 30.3 Å². The Morgan fingerprint density at radius 2 is 1.70 bits per heavy atom. The van der Waals surface area contributed by atoms with Crippen LogP contribution in [-0.2, 0) is 15.0 Å². The van der Waals surface area contributed by atoms with Crippen molar-refractivity contribution in [2.45, 2.75) is 32.1 Å². The number of nitriles is 1. The number of hydrogen-bond donors (Lipinski definition) is 0. The molecule has 20 heavy (non-hydrogen) atoms. The molecule has 0 heterocycles. The van der Waals surface area contributed by atoms with Crippen molar-refractivity contribution in [2.24, 2.45) is 0 Å². The molecule has 0 fully saturated rings. The summed E-state index contributed by atoms with van der Waals surface area (Å²) in [6.45, 7) is 4.99. The van der Waals surface area contributed by atoms with E-state index in [2.05, 4.69) is 6.07 Å². The Morgan fingerprint density at radius 3 is 2.10 bits per heavy atom. The summed E-state index contributed by atoms with van der Waals surface area (Å²) in [6, 6.07) is 12.2. The van der Waals surface area contributed by atoms with Gasteiger partial charge >= 0.3 is 0 Å². The molecule has 1 rings (SSSR count). The van der Waals surface area contributed by atoms with E-state index in [-0.39, 0.29) is 6.29 Å². The van der Waals surface area contributed by atoms with E-state index < -0.39 is 5.54 Å². The third kappa shape index (κ3) is 3.80. The van der Waals surface area contributed by atoms with E-state index in [0.717, 1.165) is 5.56 Å². The van der Waals surface area contributed by atoms with Gasteiger partial charge in [-0.25, -0.2) is 0 Å². The van der Waals surface area contributed by atoms with Crippen LogP contribution in [0.25, 0.3) is 0 Å². The molecule has 1 unspecified atom stereocenters. The lowest BCUT2D eigenvalue weighted by atomic mass is 9.86. The van der Waals surface area contributed by atoms with Crippen LogP contribution in [0.4, 0.5) is 0 Å². The molecule has 0 amide bonds. The van der Waals surface area contributed by atoms with E-state index >= 15 is 0 Å². The molecule has 0 aromatic heterocycles. The Bertz CT molecular complexity index is 422. The van der Waals surface area contributed by atoms with Crippen molar-refractivity contribution in [1.82, 2.24) is 4.90 Å². The number of ether oxygens (including phenoxy) is 2. The summed E-state index contributed by atoms with van der Waals surface area (Å²) in [7, 11) is 3.82. The van der Waals surface area contributed by atoms with Gasteiger partial charge in [-0.1, -0.05) is 30.3 Å². The molecule has 1 aromatic carbocycles. The van der Waals surface area contributed by atoms with E-state index in [4.69, 9.17) is 9.47 Å². The van der Waals surface area contributed by atoms with Crippen molar-refractivity contribution in [1.29, 1.82) is 5.26 Å². The summed E-state index contributed by atoms with van der Waals surface area (Å²) in [5.74, 6) is 0. The maximum atomic E-state index is 9.78. The summed E-state index contributed by atoms with van der Waals surface area (Å²) in [5.41, 5.74) is 0.202. The molecule has 0 aliphatic carbocycles. The predicted molar refractivity (Wildman–Crippen MR) is 79.1 cm³/mol. The lowest BCUT2D eigenvalue weighted by Gasteiger charge is -2.36. The number of nitrogens with zero attached hydrogens (tertiary/aromatic N) is 2. The summed E-state index contributed by atoms with van der Waals surface area (Å²) >= 11 is 0. The van der Waals surface area contributed by atoms with Gasteiger partial charge in [0.2, 0.25) is 0 Å². The van der Waals surface area contributed by atoms with Gasteiger partial charge in [-0.15, -0.1) is 0 Å². The van der Waals surface area contributed by atoms with Crippen molar-refractivity contribution in [3.8, 4) is 6.07 Å². The highest BCUT2D eigenvalue weighted by Gasteiger charge is 2.38. The van der Waals surface area contributed by atoms with Gasteiger partial charge in [0.1, 0.15) is 5.54 Å². The Kier molecular flexibility index (Phi) is 6.66. The Morgan fingerprint density at radius 1 is 1.15 bits per heavy atom. The van der Waals surface area contributed by atoms with Crippen molar-refractivity contribution in [3.63, 3.8) is 0 Å². The van der Waals surface area contributed by atoms with E-state index in [1.165, 1.54) is 0 Å². The average molecular weight is 276 g/mol. The maximum absolute atomic E-state index is 9.78. The Balaban J connectivity index is 3.09. The Labute approximate surface area is 121 Å². The fraction of sp³-hybridized carbons (Fsp3) is 0.562. The molecule has 0 aliphatic heterocycles. The fourth-order valence-corrected chi connectivity index (χ4v) is 2.26. The van der Waals surface area contributed by atoms with Crippen LogP contribution in [0.3, 0.4) is 0 Å². The first kappa shape index (κ1) is 16.6.